The molecule has 0 spiro atoms. The van der Waals surface area contributed by atoms with E-state index < -0.39 is 0 Å². The number of nitriles is 1. The average molecular weight is 611 g/mol. The molecule has 5 aromatic heterocycles. The van der Waals surface area contributed by atoms with Crippen molar-refractivity contribution in [3.63, 3.8) is 0 Å². The highest BCUT2D eigenvalue weighted by Crippen LogP contribution is 2.47. The number of hydrogen-bond acceptors (Lipinski definition) is 4. The number of fused-ring (bicyclic) bond motifs is 12. The van der Waals surface area contributed by atoms with Gasteiger partial charge in [0.25, 0.3) is 0 Å². The fourth-order valence-corrected chi connectivity index (χ4v) is 7.92. The highest BCUT2D eigenvalue weighted by atomic mass is 15.2. The summed E-state index contributed by atoms with van der Waals surface area (Å²) in [6.07, 6.45) is 1.76. The van der Waals surface area contributed by atoms with Crippen LogP contribution in [-0.2, 0) is 0 Å². The van der Waals surface area contributed by atoms with Gasteiger partial charge in [-0.2, -0.15) is 10.2 Å². The first-order valence-corrected chi connectivity index (χ1v) is 15.9. The average Bonchev–Trinajstić information content (AvgIpc) is 3.77. The molecule has 6 heteroatoms. The molecule has 0 aliphatic rings. The van der Waals surface area contributed by atoms with Gasteiger partial charge in [0.05, 0.1) is 44.9 Å². The molecule has 220 valence electrons. The Balaban J connectivity index is 1.36. The van der Waals surface area contributed by atoms with Crippen LogP contribution in [0.1, 0.15) is 5.56 Å². The summed E-state index contributed by atoms with van der Waals surface area (Å²) in [6, 6.07) is 46.6. The molecule has 0 bridgehead atoms. The maximum absolute atomic E-state index is 9.69. The normalized spacial score (nSPS) is 12.1. The van der Waals surface area contributed by atoms with Crippen molar-refractivity contribution in [3.05, 3.63) is 139 Å². The maximum Gasteiger partial charge on any atom is 0.237 e. The zero-order valence-corrected chi connectivity index (χ0v) is 25.4. The molecule has 5 heterocycles. The molecule has 0 atom stereocenters. The molecule has 0 aliphatic carbocycles. The molecule has 0 radical (unpaired) electrons. The van der Waals surface area contributed by atoms with E-state index in [-0.39, 0.29) is 0 Å². The molecular weight excluding hydrogens is 589 g/mol. The van der Waals surface area contributed by atoms with E-state index in [9.17, 15) is 5.26 Å². The molecule has 0 saturated heterocycles. The van der Waals surface area contributed by atoms with Crippen molar-refractivity contribution in [2.24, 2.45) is 0 Å². The van der Waals surface area contributed by atoms with E-state index in [0.717, 1.165) is 33.1 Å². The Morgan fingerprint density at radius 3 is 2.19 bits per heavy atom. The van der Waals surface area contributed by atoms with Crippen molar-refractivity contribution < 1.29 is 0 Å². The molecule has 0 amide bonds. The van der Waals surface area contributed by atoms with Gasteiger partial charge in [-0.1, -0.05) is 72.8 Å². The van der Waals surface area contributed by atoms with Crippen LogP contribution in [0.25, 0.3) is 98.9 Å². The fraction of sp³-hybridized carbons (Fsp3) is 0. The standard InChI is InChI=1S/C42H22N6/c43-23-24-9-7-12-27(19-24)39-30-15-8-18-44-41(30)46-42(45-39)48-34-17-6-4-14-29(34)37-36(48)22-31-28-13-3-5-16-33(28)47-35-21-26-11-2-1-10-25(26)20-32(35)38(37)40(31)47/h1-22H. The molecule has 6 aromatic carbocycles. The minimum absolute atomic E-state index is 0.539. The first kappa shape index (κ1) is 25.4. The predicted molar refractivity (Wildman–Crippen MR) is 194 cm³/mol. The predicted octanol–water partition coefficient (Wildman–Crippen LogP) is 9.96. The smallest absolute Gasteiger partial charge is 0.237 e. The van der Waals surface area contributed by atoms with Gasteiger partial charge in [0.1, 0.15) is 0 Å². The summed E-state index contributed by atoms with van der Waals surface area (Å²) in [5.74, 6) is 0.539. The van der Waals surface area contributed by atoms with Crippen LogP contribution in [0.3, 0.4) is 0 Å². The van der Waals surface area contributed by atoms with E-state index in [1.54, 1.807) is 6.20 Å². The van der Waals surface area contributed by atoms with Crippen molar-refractivity contribution in [2.75, 3.05) is 0 Å². The third-order valence-corrected chi connectivity index (χ3v) is 9.89. The molecule has 48 heavy (non-hydrogen) atoms. The number of pyridine rings is 1. The minimum Gasteiger partial charge on any atom is -0.308 e. The number of aromatic nitrogens is 5. The zero-order valence-electron chi connectivity index (χ0n) is 25.4. The molecule has 0 N–H and O–H groups in total. The van der Waals surface area contributed by atoms with Crippen LogP contribution in [0.5, 0.6) is 0 Å². The quantitative estimate of drug-likeness (QED) is 0.195. The Labute approximate surface area is 272 Å². The van der Waals surface area contributed by atoms with E-state index in [0.29, 0.717) is 17.2 Å². The van der Waals surface area contributed by atoms with Gasteiger partial charge in [-0.3, -0.25) is 4.57 Å². The molecule has 11 aromatic rings. The van der Waals surface area contributed by atoms with Crippen molar-refractivity contribution in [1.82, 2.24) is 23.9 Å². The van der Waals surface area contributed by atoms with Crippen molar-refractivity contribution in [3.8, 4) is 23.3 Å². The lowest BCUT2D eigenvalue weighted by atomic mass is 10.0. The first-order chi connectivity index (χ1) is 23.8. The van der Waals surface area contributed by atoms with Gasteiger partial charge in [-0.25, -0.2) is 9.97 Å². The lowest BCUT2D eigenvalue weighted by Crippen LogP contribution is -2.04. The molecule has 6 nitrogen and oxygen atoms in total. The summed E-state index contributed by atoms with van der Waals surface area (Å²) >= 11 is 0. The summed E-state index contributed by atoms with van der Waals surface area (Å²) in [5.41, 5.74) is 8.45. The molecule has 0 aliphatic heterocycles. The summed E-state index contributed by atoms with van der Waals surface area (Å²) in [7, 11) is 0. The van der Waals surface area contributed by atoms with Crippen molar-refractivity contribution in [1.29, 1.82) is 5.26 Å². The Bertz CT molecular complexity index is 3200. The minimum atomic E-state index is 0.539. The lowest BCUT2D eigenvalue weighted by Gasteiger charge is -2.11. The number of para-hydroxylation sites is 2. The monoisotopic (exact) mass is 610 g/mol. The maximum atomic E-state index is 9.69. The van der Waals surface area contributed by atoms with Crippen molar-refractivity contribution in [2.45, 2.75) is 0 Å². The van der Waals surface area contributed by atoms with E-state index in [2.05, 4.69) is 106 Å². The Hall–Kier alpha value is -6.84. The Morgan fingerprint density at radius 1 is 0.542 bits per heavy atom. The van der Waals surface area contributed by atoms with E-state index in [1.807, 2.05) is 36.4 Å². The van der Waals surface area contributed by atoms with Crippen LogP contribution in [0.2, 0.25) is 0 Å². The van der Waals surface area contributed by atoms with Crippen LogP contribution in [-0.4, -0.2) is 23.9 Å². The molecule has 0 saturated carbocycles. The number of hydrogen-bond donors (Lipinski definition) is 0. The Morgan fingerprint density at radius 2 is 1.31 bits per heavy atom. The topological polar surface area (TPSA) is 71.8 Å². The highest BCUT2D eigenvalue weighted by molar-refractivity contribution is 6.36. The van der Waals surface area contributed by atoms with Gasteiger partial charge in [0.15, 0.2) is 5.65 Å². The van der Waals surface area contributed by atoms with Gasteiger partial charge in [0.2, 0.25) is 5.95 Å². The van der Waals surface area contributed by atoms with E-state index in [4.69, 9.17) is 15.0 Å². The fourth-order valence-electron chi connectivity index (χ4n) is 7.92. The second kappa shape index (κ2) is 9.12. The van der Waals surface area contributed by atoms with Crippen LogP contribution < -0.4 is 0 Å². The Kier molecular flexibility index (Phi) is 4.82. The lowest BCUT2D eigenvalue weighted by molar-refractivity contribution is 1.01. The van der Waals surface area contributed by atoms with Crippen molar-refractivity contribution >= 4 is 81.7 Å². The third kappa shape index (κ3) is 3.22. The number of nitrogens with zero attached hydrogens (tertiary/aromatic N) is 6. The van der Waals surface area contributed by atoms with Crippen LogP contribution in [0.15, 0.2) is 134 Å². The van der Waals surface area contributed by atoms with Crippen LogP contribution >= 0.6 is 0 Å². The first-order valence-electron chi connectivity index (χ1n) is 15.9. The summed E-state index contributed by atoms with van der Waals surface area (Å²) in [6.45, 7) is 0. The van der Waals surface area contributed by atoms with Gasteiger partial charge in [0, 0.05) is 49.5 Å². The van der Waals surface area contributed by atoms with Crippen LogP contribution in [0, 0.1) is 11.3 Å². The van der Waals surface area contributed by atoms with Crippen LogP contribution in [0.4, 0.5) is 0 Å². The van der Waals surface area contributed by atoms with Gasteiger partial charge in [-0.15, -0.1) is 0 Å². The zero-order chi connectivity index (χ0) is 31.5. The third-order valence-electron chi connectivity index (χ3n) is 9.89. The molecule has 11 rings (SSSR count). The summed E-state index contributed by atoms with van der Waals surface area (Å²) in [5, 5.41) is 20.1. The van der Waals surface area contributed by atoms with E-state index in [1.165, 1.54) is 54.3 Å². The van der Waals surface area contributed by atoms with Gasteiger partial charge < -0.3 is 4.40 Å². The second-order valence-corrected chi connectivity index (χ2v) is 12.4. The summed E-state index contributed by atoms with van der Waals surface area (Å²) < 4.78 is 4.64. The number of benzene rings is 6. The number of rotatable bonds is 2. The largest absolute Gasteiger partial charge is 0.308 e. The molecular formula is C42H22N6. The van der Waals surface area contributed by atoms with Gasteiger partial charge in [-0.05, 0) is 65.4 Å². The highest BCUT2D eigenvalue weighted by Gasteiger charge is 2.25. The second-order valence-electron chi connectivity index (χ2n) is 12.4. The van der Waals surface area contributed by atoms with Gasteiger partial charge >= 0.3 is 0 Å². The molecule has 0 unspecified atom stereocenters. The summed E-state index contributed by atoms with van der Waals surface area (Å²) in [4.78, 5) is 15.1. The SMILES string of the molecule is N#Cc1cccc(-c2nc(-n3c4ccccc4c4c5c6cc7ccccc7cc6n6c7ccccc7c(cc43)c56)nc3ncccc23)c1. The van der Waals surface area contributed by atoms with E-state index >= 15 is 0 Å². The molecule has 0 fully saturated rings.